The number of nitrogens with one attached hydrogen (secondary N) is 2. The van der Waals surface area contributed by atoms with Gasteiger partial charge in [-0.2, -0.15) is 4.98 Å². The minimum Gasteiger partial charge on any atom is -0.324 e. The van der Waals surface area contributed by atoms with Gasteiger partial charge in [-0.3, -0.25) is 4.79 Å². The highest BCUT2D eigenvalue weighted by Crippen LogP contribution is 2.20. The van der Waals surface area contributed by atoms with E-state index < -0.39 is 0 Å². The zero-order valence-electron chi connectivity index (χ0n) is 15.9. The van der Waals surface area contributed by atoms with Crippen LogP contribution in [0.3, 0.4) is 0 Å². The average molecular weight is 373 g/mol. The molecule has 3 rings (SSSR count). The Balaban J connectivity index is 1.64. The molecule has 2 N–H and O–H groups in total. The Kier molecular flexibility index (Phi) is 6.59. The van der Waals surface area contributed by atoms with Crippen LogP contribution < -0.4 is 10.6 Å². The van der Waals surface area contributed by atoms with Gasteiger partial charge in [-0.05, 0) is 36.3 Å². The number of benzene rings is 1. The molecule has 1 aliphatic carbocycles. The van der Waals surface area contributed by atoms with Crippen molar-refractivity contribution >= 4 is 29.5 Å². The molecule has 1 aromatic carbocycles. The predicted molar refractivity (Wildman–Crippen MR) is 114 cm³/mol. The Bertz CT molecular complexity index is 945. The van der Waals surface area contributed by atoms with E-state index in [9.17, 15) is 4.79 Å². The number of rotatable bonds is 8. The molecule has 0 aliphatic heterocycles. The molecule has 28 heavy (non-hydrogen) atoms. The third-order valence-corrected chi connectivity index (χ3v) is 4.14. The molecule has 0 bridgehead atoms. The van der Waals surface area contributed by atoms with Crippen LogP contribution in [0, 0.1) is 6.92 Å². The SMILES string of the molecule is C=C(C=O)CNCC1=CCC(=Nc2nc(Nc3ccccc3)ncc2C)C=C1. The second-order valence-electron chi connectivity index (χ2n) is 6.49. The van der Waals surface area contributed by atoms with Crippen molar-refractivity contribution in [2.75, 3.05) is 18.4 Å². The van der Waals surface area contributed by atoms with Gasteiger partial charge in [-0.15, -0.1) is 0 Å². The van der Waals surface area contributed by atoms with Crippen molar-refractivity contribution in [3.63, 3.8) is 0 Å². The molecule has 6 heteroatoms. The summed E-state index contributed by atoms with van der Waals surface area (Å²) in [5.41, 5.74) is 4.49. The van der Waals surface area contributed by atoms with Gasteiger partial charge < -0.3 is 10.6 Å². The molecule has 0 unspecified atom stereocenters. The Morgan fingerprint density at radius 2 is 2.11 bits per heavy atom. The second-order valence-corrected chi connectivity index (χ2v) is 6.49. The fourth-order valence-corrected chi connectivity index (χ4v) is 2.59. The molecule has 6 nitrogen and oxygen atoms in total. The van der Waals surface area contributed by atoms with E-state index in [1.807, 2.05) is 49.4 Å². The number of aryl methyl sites for hydroxylation is 1. The maximum Gasteiger partial charge on any atom is 0.229 e. The van der Waals surface area contributed by atoms with Gasteiger partial charge in [0.15, 0.2) is 5.82 Å². The zero-order chi connectivity index (χ0) is 19.8. The first-order chi connectivity index (χ1) is 13.6. The molecule has 0 spiro atoms. The number of nitrogens with zero attached hydrogens (tertiary/aromatic N) is 3. The highest BCUT2D eigenvalue weighted by molar-refractivity contribution is 5.99. The average Bonchev–Trinajstić information content (AvgIpc) is 2.72. The van der Waals surface area contributed by atoms with E-state index in [-0.39, 0.29) is 0 Å². The van der Waals surface area contributed by atoms with Crippen LogP contribution in [0.1, 0.15) is 12.0 Å². The third kappa shape index (κ3) is 5.56. The lowest BCUT2D eigenvalue weighted by Crippen LogP contribution is -2.20. The van der Waals surface area contributed by atoms with Gasteiger partial charge in [0.1, 0.15) is 6.29 Å². The number of hydrogen-bond acceptors (Lipinski definition) is 6. The monoisotopic (exact) mass is 373 g/mol. The maximum absolute atomic E-state index is 10.6. The van der Waals surface area contributed by atoms with Gasteiger partial charge in [0.25, 0.3) is 0 Å². The van der Waals surface area contributed by atoms with E-state index in [0.717, 1.165) is 35.2 Å². The van der Waals surface area contributed by atoms with Crippen LogP contribution in [0.2, 0.25) is 0 Å². The Morgan fingerprint density at radius 1 is 1.29 bits per heavy atom. The van der Waals surface area contributed by atoms with Crippen molar-refractivity contribution in [2.24, 2.45) is 4.99 Å². The molecule has 142 valence electrons. The molecular formula is C22H23N5O. The van der Waals surface area contributed by atoms with Gasteiger partial charge >= 0.3 is 0 Å². The molecule has 0 atom stereocenters. The summed E-state index contributed by atoms with van der Waals surface area (Å²) in [5.74, 6) is 1.18. The smallest absolute Gasteiger partial charge is 0.229 e. The summed E-state index contributed by atoms with van der Waals surface area (Å²) in [5, 5.41) is 6.38. The first kappa shape index (κ1) is 19.4. The number of hydrogen-bond donors (Lipinski definition) is 2. The van der Waals surface area contributed by atoms with Crippen molar-refractivity contribution in [1.82, 2.24) is 15.3 Å². The van der Waals surface area contributed by atoms with Crippen LogP contribution in [-0.4, -0.2) is 35.1 Å². The summed E-state index contributed by atoms with van der Waals surface area (Å²) >= 11 is 0. The Hall–Kier alpha value is -3.38. The lowest BCUT2D eigenvalue weighted by molar-refractivity contribution is -0.104. The highest BCUT2D eigenvalue weighted by atomic mass is 16.1. The van der Waals surface area contributed by atoms with Gasteiger partial charge in [-0.25, -0.2) is 9.98 Å². The van der Waals surface area contributed by atoms with E-state index in [0.29, 0.717) is 30.4 Å². The molecule has 2 aromatic rings. The number of carbonyl (C=O) groups excluding carboxylic acids is 1. The number of aromatic nitrogens is 2. The number of para-hydroxylation sites is 1. The summed E-state index contributed by atoms with van der Waals surface area (Å²) in [6, 6.07) is 9.80. The fourth-order valence-electron chi connectivity index (χ4n) is 2.59. The largest absolute Gasteiger partial charge is 0.324 e. The molecule has 1 aliphatic rings. The van der Waals surface area contributed by atoms with Crippen molar-refractivity contribution in [3.8, 4) is 0 Å². The van der Waals surface area contributed by atoms with Crippen LogP contribution in [0.4, 0.5) is 17.5 Å². The van der Waals surface area contributed by atoms with Gasteiger partial charge in [0, 0.05) is 42.7 Å². The number of aldehydes is 1. The third-order valence-electron chi connectivity index (χ3n) is 4.14. The minimum atomic E-state index is 0.493. The number of aliphatic imine (C=N–C) groups is 1. The quantitative estimate of drug-likeness (QED) is 0.543. The molecule has 0 saturated carbocycles. The van der Waals surface area contributed by atoms with Crippen molar-refractivity contribution in [2.45, 2.75) is 13.3 Å². The van der Waals surface area contributed by atoms with Crippen LogP contribution in [-0.2, 0) is 4.79 Å². The zero-order valence-corrected chi connectivity index (χ0v) is 15.9. The second kappa shape index (κ2) is 9.53. The summed E-state index contributed by atoms with van der Waals surface area (Å²) in [6.07, 6.45) is 9.42. The first-order valence-electron chi connectivity index (χ1n) is 9.08. The van der Waals surface area contributed by atoms with E-state index in [2.05, 4.69) is 38.2 Å². The van der Waals surface area contributed by atoms with E-state index >= 15 is 0 Å². The molecule has 0 radical (unpaired) electrons. The van der Waals surface area contributed by atoms with Crippen LogP contribution in [0.5, 0.6) is 0 Å². The number of carbonyl (C=O) groups is 1. The molecule has 1 heterocycles. The van der Waals surface area contributed by atoms with E-state index in [1.165, 1.54) is 0 Å². The van der Waals surface area contributed by atoms with Crippen LogP contribution >= 0.6 is 0 Å². The van der Waals surface area contributed by atoms with Crippen LogP contribution in [0.25, 0.3) is 0 Å². The Morgan fingerprint density at radius 3 is 2.82 bits per heavy atom. The van der Waals surface area contributed by atoms with Crippen molar-refractivity contribution in [1.29, 1.82) is 0 Å². The maximum atomic E-state index is 10.6. The fraction of sp³-hybridized carbons (Fsp3) is 0.182. The van der Waals surface area contributed by atoms with Gasteiger partial charge in [-0.1, -0.05) is 36.9 Å². The summed E-state index contributed by atoms with van der Waals surface area (Å²) < 4.78 is 0. The minimum absolute atomic E-state index is 0.493. The lowest BCUT2D eigenvalue weighted by Gasteiger charge is -2.11. The standard InChI is InChI=1S/C22H23N5O/c1-16(15-28)12-23-14-18-8-10-20(11-9-18)25-21-17(2)13-24-22(27-21)26-19-6-4-3-5-7-19/h3-10,13,15,23H,1,11-12,14H2,2H3,(H,24,26,27). The summed E-state index contributed by atoms with van der Waals surface area (Å²) in [4.78, 5) is 24.1. The van der Waals surface area contributed by atoms with Crippen molar-refractivity contribution in [3.05, 3.63) is 78.0 Å². The Labute approximate surface area is 164 Å². The predicted octanol–water partition coefficient (Wildman–Crippen LogP) is 3.83. The molecule has 1 aromatic heterocycles. The molecule has 0 fully saturated rings. The van der Waals surface area contributed by atoms with Gasteiger partial charge in [0.2, 0.25) is 5.95 Å². The van der Waals surface area contributed by atoms with Gasteiger partial charge in [0.05, 0.1) is 0 Å². The molecule has 0 saturated heterocycles. The van der Waals surface area contributed by atoms with E-state index in [1.54, 1.807) is 6.20 Å². The van der Waals surface area contributed by atoms with E-state index in [4.69, 9.17) is 0 Å². The lowest BCUT2D eigenvalue weighted by atomic mass is 10.1. The summed E-state index contributed by atoms with van der Waals surface area (Å²) in [6.45, 7) is 6.78. The molecule has 0 amide bonds. The topological polar surface area (TPSA) is 79.3 Å². The summed E-state index contributed by atoms with van der Waals surface area (Å²) in [7, 11) is 0. The first-order valence-corrected chi connectivity index (χ1v) is 9.08. The normalized spacial score (nSPS) is 14.6. The van der Waals surface area contributed by atoms with Crippen molar-refractivity contribution < 1.29 is 4.79 Å². The number of anilines is 2. The highest BCUT2D eigenvalue weighted by Gasteiger charge is 2.07. The van der Waals surface area contributed by atoms with Crippen LogP contribution in [0.15, 0.2) is 77.5 Å². The number of allylic oxidation sites excluding steroid dienone is 2. The molecular weight excluding hydrogens is 350 g/mol.